The molecule has 3 nitrogen and oxygen atoms in total. The van der Waals surface area contributed by atoms with Crippen LogP contribution in [0.3, 0.4) is 0 Å². The minimum Gasteiger partial charge on any atom is -0.389 e. The van der Waals surface area contributed by atoms with Gasteiger partial charge in [0.1, 0.15) is 10.8 Å². The summed E-state index contributed by atoms with van der Waals surface area (Å²) in [4.78, 5) is 7.42. The molecule has 0 spiro atoms. The van der Waals surface area contributed by atoms with Crippen LogP contribution in [0.4, 0.5) is 5.82 Å². The minimum atomic E-state index is 0.447. The van der Waals surface area contributed by atoms with Crippen LogP contribution in [0, 0.1) is 13.8 Å². The van der Waals surface area contributed by atoms with Gasteiger partial charge in [0.2, 0.25) is 0 Å². The van der Waals surface area contributed by atoms with E-state index in [2.05, 4.69) is 23.9 Å². The number of pyridine rings is 1. The summed E-state index contributed by atoms with van der Waals surface area (Å²) >= 11 is 5.21. The molecule has 2 N–H and O–H groups in total. The average Bonchev–Trinajstić information content (AvgIpc) is 2.37. The van der Waals surface area contributed by atoms with Crippen LogP contribution < -0.4 is 10.6 Å². The molecule has 4 heteroatoms. The van der Waals surface area contributed by atoms with Gasteiger partial charge in [-0.15, -0.1) is 0 Å². The molecule has 0 amide bonds. The second-order valence-corrected chi connectivity index (χ2v) is 5.99. The molecule has 1 heterocycles. The first-order valence-corrected chi connectivity index (χ1v) is 7.42. The molecule has 104 valence electrons. The molecule has 0 saturated heterocycles. The highest BCUT2D eigenvalue weighted by Gasteiger charge is 2.23. The van der Waals surface area contributed by atoms with Gasteiger partial charge in [-0.1, -0.05) is 31.5 Å². The fourth-order valence-corrected chi connectivity index (χ4v) is 3.27. The van der Waals surface area contributed by atoms with E-state index in [1.807, 2.05) is 13.0 Å². The van der Waals surface area contributed by atoms with E-state index < -0.39 is 0 Å². The molecular formula is C15H23N3S. The van der Waals surface area contributed by atoms with E-state index in [-0.39, 0.29) is 0 Å². The molecule has 1 fully saturated rings. The zero-order valence-electron chi connectivity index (χ0n) is 12.1. The number of nitrogens with two attached hydrogens (primary N) is 1. The predicted octanol–water partition coefficient (Wildman–Crippen LogP) is 3.10. The molecular weight excluding hydrogens is 254 g/mol. The van der Waals surface area contributed by atoms with E-state index in [1.54, 1.807) is 0 Å². The Kier molecular flexibility index (Phi) is 4.40. The Bertz CT molecular complexity index is 479. The molecule has 1 saturated carbocycles. The van der Waals surface area contributed by atoms with Gasteiger partial charge in [-0.2, -0.15) is 0 Å². The zero-order chi connectivity index (χ0) is 14.0. The highest BCUT2D eigenvalue weighted by molar-refractivity contribution is 7.80. The van der Waals surface area contributed by atoms with Crippen molar-refractivity contribution in [3.05, 3.63) is 22.9 Å². The molecule has 0 atom stereocenters. The third kappa shape index (κ3) is 3.06. The van der Waals surface area contributed by atoms with Crippen molar-refractivity contribution in [1.29, 1.82) is 0 Å². The minimum absolute atomic E-state index is 0.447. The van der Waals surface area contributed by atoms with E-state index in [1.165, 1.54) is 32.1 Å². The van der Waals surface area contributed by atoms with Crippen molar-refractivity contribution >= 4 is 23.0 Å². The molecule has 1 aromatic rings. The van der Waals surface area contributed by atoms with Gasteiger partial charge in [0, 0.05) is 18.8 Å². The highest BCUT2D eigenvalue weighted by atomic mass is 32.1. The molecule has 1 aliphatic rings. The topological polar surface area (TPSA) is 42.1 Å². The Labute approximate surface area is 121 Å². The van der Waals surface area contributed by atoms with E-state index in [9.17, 15) is 0 Å². The van der Waals surface area contributed by atoms with Crippen molar-refractivity contribution in [1.82, 2.24) is 4.98 Å². The lowest BCUT2D eigenvalue weighted by Gasteiger charge is -2.33. The SMILES string of the molecule is Cc1cc(C)c(C(N)=S)c(N(C)C2CCCCC2)n1. The van der Waals surface area contributed by atoms with Crippen LogP contribution in [0.1, 0.15) is 48.9 Å². The van der Waals surface area contributed by atoms with E-state index in [4.69, 9.17) is 18.0 Å². The standard InChI is InChI=1S/C15H23N3S/c1-10-9-11(2)17-15(13(10)14(16)19)18(3)12-7-5-4-6-8-12/h9,12H,4-8H2,1-3H3,(H2,16,19). The largest absolute Gasteiger partial charge is 0.389 e. The van der Waals surface area contributed by atoms with Gasteiger partial charge < -0.3 is 10.6 Å². The third-order valence-electron chi connectivity index (χ3n) is 4.03. The van der Waals surface area contributed by atoms with Crippen LogP contribution in [0.25, 0.3) is 0 Å². The monoisotopic (exact) mass is 277 g/mol. The normalized spacial score (nSPS) is 16.4. The lowest BCUT2D eigenvalue weighted by molar-refractivity contribution is 0.426. The molecule has 1 aromatic heterocycles. The number of aryl methyl sites for hydroxylation is 2. The highest BCUT2D eigenvalue weighted by Crippen LogP contribution is 2.28. The first kappa shape index (κ1) is 14.3. The summed E-state index contributed by atoms with van der Waals surface area (Å²) in [6, 6.07) is 2.61. The summed E-state index contributed by atoms with van der Waals surface area (Å²) in [6.07, 6.45) is 6.45. The number of hydrogen-bond acceptors (Lipinski definition) is 3. The van der Waals surface area contributed by atoms with Crippen molar-refractivity contribution in [3.63, 3.8) is 0 Å². The number of hydrogen-bond donors (Lipinski definition) is 1. The maximum absolute atomic E-state index is 5.90. The summed E-state index contributed by atoms with van der Waals surface area (Å²) in [5, 5.41) is 0. The molecule has 2 rings (SSSR count). The Hall–Kier alpha value is -1.16. The Morgan fingerprint density at radius 3 is 2.53 bits per heavy atom. The van der Waals surface area contributed by atoms with Crippen molar-refractivity contribution in [2.45, 2.75) is 52.0 Å². The van der Waals surface area contributed by atoms with E-state index in [0.29, 0.717) is 11.0 Å². The van der Waals surface area contributed by atoms with Crippen LogP contribution in [0.2, 0.25) is 0 Å². The molecule has 0 radical (unpaired) electrons. The Balaban J connectivity index is 2.39. The van der Waals surface area contributed by atoms with Crippen LogP contribution in [-0.2, 0) is 0 Å². The van der Waals surface area contributed by atoms with E-state index in [0.717, 1.165) is 22.6 Å². The van der Waals surface area contributed by atoms with Gasteiger partial charge >= 0.3 is 0 Å². The van der Waals surface area contributed by atoms with Gasteiger partial charge in [0.15, 0.2) is 0 Å². The second-order valence-electron chi connectivity index (χ2n) is 5.55. The van der Waals surface area contributed by atoms with Gasteiger partial charge in [0.05, 0.1) is 5.56 Å². The Morgan fingerprint density at radius 2 is 1.95 bits per heavy atom. The quantitative estimate of drug-likeness (QED) is 0.862. The van der Waals surface area contributed by atoms with Crippen molar-refractivity contribution in [2.24, 2.45) is 5.73 Å². The summed E-state index contributed by atoms with van der Waals surface area (Å²) < 4.78 is 0. The van der Waals surface area contributed by atoms with Gasteiger partial charge in [-0.05, 0) is 38.3 Å². The lowest BCUT2D eigenvalue weighted by Crippen LogP contribution is -2.35. The fourth-order valence-electron chi connectivity index (χ4n) is 3.02. The van der Waals surface area contributed by atoms with E-state index >= 15 is 0 Å². The summed E-state index contributed by atoms with van der Waals surface area (Å²) in [7, 11) is 2.12. The first-order chi connectivity index (χ1) is 9.00. The maximum atomic E-state index is 5.90. The van der Waals surface area contributed by atoms with Crippen molar-refractivity contribution in [3.8, 4) is 0 Å². The second kappa shape index (κ2) is 5.87. The van der Waals surface area contributed by atoms with Gasteiger partial charge in [0.25, 0.3) is 0 Å². The number of aromatic nitrogens is 1. The van der Waals surface area contributed by atoms with Crippen LogP contribution in [0.5, 0.6) is 0 Å². The molecule has 0 unspecified atom stereocenters. The fraction of sp³-hybridized carbons (Fsp3) is 0.600. The van der Waals surface area contributed by atoms with Gasteiger partial charge in [-0.3, -0.25) is 0 Å². The molecule has 19 heavy (non-hydrogen) atoms. The number of nitrogens with zero attached hydrogens (tertiary/aromatic N) is 2. The summed E-state index contributed by atoms with van der Waals surface area (Å²) in [5.74, 6) is 0.955. The maximum Gasteiger partial charge on any atom is 0.139 e. The number of thiocarbonyl (C=S) groups is 1. The molecule has 0 aromatic carbocycles. The first-order valence-electron chi connectivity index (χ1n) is 7.01. The van der Waals surface area contributed by atoms with Crippen LogP contribution in [0.15, 0.2) is 6.07 Å². The third-order valence-corrected chi connectivity index (χ3v) is 4.23. The smallest absolute Gasteiger partial charge is 0.139 e. The summed E-state index contributed by atoms with van der Waals surface area (Å²) in [5.41, 5.74) is 8.98. The van der Waals surface area contributed by atoms with Crippen LogP contribution >= 0.6 is 12.2 Å². The molecule has 1 aliphatic carbocycles. The van der Waals surface area contributed by atoms with Gasteiger partial charge in [-0.25, -0.2) is 4.98 Å². The zero-order valence-corrected chi connectivity index (χ0v) is 12.9. The van der Waals surface area contributed by atoms with Crippen LogP contribution in [-0.4, -0.2) is 23.1 Å². The number of rotatable bonds is 3. The number of anilines is 1. The van der Waals surface area contributed by atoms with Crippen molar-refractivity contribution < 1.29 is 0 Å². The summed E-state index contributed by atoms with van der Waals surface area (Å²) in [6.45, 7) is 4.08. The average molecular weight is 277 g/mol. The van der Waals surface area contributed by atoms with Crippen molar-refractivity contribution in [2.75, 3.05) is 11.9 Å². The molecule has 0 aliphatic heterocycles. The predicted molar refractivity (Wildman–Crippen MR) is 84.9 cm³/mol. The lowest BCUT2D eigenvalue weighted by atomic mass is 9.94. The Morgan fingerprint density at radius 1 is 1.32 bits per heavy atom. The molecule has 0 bridgehead atoms.